The van der Waals surface area contributed by atoms with Crippen LogP contribution in [0.5, 0.6) is 11.5 Å². The zero-order valence-corrected chi connectivity index (χ0v) is 17.7. The lowest BCUT2D eigenvalue weighted by Crippen LogP contribution is -2.48. The van der Waals surface area contributed by atoms with E-state index in [0.717, 1.165) is 35.6 Å². The number of methoxy groups -OCH3 is 1. The smallest absolute Gasteiger partial charge is 0.120 e. The van der Waals surface area contributed by atoms with Gasteiger partial charge in [-0.3, -0.25) is 0 Å². The van der Waals surface area contributed by atoms with Gasteiger partial charge in [0.05, 0.1) is 7.11 Å². The predicted molar refractivity (Wildman–Crippen MR) is 116 cm³/mol. The van der Waals surface area contributed by atoms with Crippen LogP contribution in [0.25, 0.3) is 0 Å². The number of fused-ring (bicyclic) bond motifs is 5. The molecule has 3 aliphatic carbocycles. The molecule has 0 bridgehead atoms. The van der Waals surface area contributed by atoms with Crippen LogP contribution in [0.2, 0.25) is 0 Å². The van der Waals surface area contributed by atoms with Crippen LogP contribution in [0.3, 0.4) is 0 Å². The lowest BCUT2D eigenvalue weighted by Gasteiger charge is -2.51. The molecule has 154 valence electrons. The Hall–Kier alpha value is -2.00. The van der Waals surface area contributed by atoms with Crippen molar-refractivity contribution in [1.29, 1.82) is 0 Å². The van der Waals surface area contributed by atoms with Crippen LogP contribution in [-0.2, 0) is 13.0 Å². The van der Waals surface area contributed by atoms with Crippen molar-refractivity contribution >= 4 is 0 Å². The van der Waals surface area contributed by atoms with E-state index in [1.54, 1.807) is 18.7 Å². The predicted octanol–water partition coefficient (Wildman–Crippen LogP) is 5.42. The zero-order valence-electron chi connectivity index (χ0n) is 17.7. The molecular formula is C26H33NO2. The zero-order chi connectivity index (χ0) is 20.0. The second-order valence-corrected chi connectivity index (χ2v) is 9.66. The molecule has 3 unspecified atom stereocenters. The molecule has 5 atom stereocenters. The normalized spacial score (nSPS) is 32.9. The summed E-state index contributed by atoms with van der Waals surface area (Å²) in [5, 5.41) is 13.9. The molecule has 2 aromatic rings. The Balaban J connectivity index is 1.33. The van der Waals surface area contributed by atoms with Crippen LogP contribution in [0.1, 0.15) is 61.6 Å². The van der Waals surface area contributed by atoms with Gasteiger partial charge in [0.2, 0.25) is 0 Å². The molecule has 2 N–H and O–H groups in total. The number of phenolic OH excluding ortho intramolecular Hbond substituents is 1. The Morgan fingerprint density at radius 2 is 1.97 bits per heavy atom. The lowest BCUT2D eigenvalue weighted by molar-refractivity contribution is 0.0407. The average Bonchev–Trinajstić information content (AvgIpc) is 3.09. The highest BCUT2D eigenvalue weighted by Gasteiger charge is 2.54. The van der Waals surface area contributed by atoms with Crippen molar-refractivity contribution in [3.8, 4) is 11.5 Å². The van der Waals surface area contributed by atoms with Gasteiger partial charge in [0.1, 0.15) is 11.5 Å². The monoisotopic (exact) mass is 391 g/mol. The Kier molecular flexibility index (Phi) is 4.82. The molecule has 2 fully saturated rings. The van der Waals surface area contributed by atoms with Crippen molar-refractivity contribution in [3.63, 3.8) is 0 Å². The molecule has 0 spiro atoms. The maximum atomic E-state index is 10.1. The highest BCUT2D eigenvalue weighted by Crippen LogP contribution is 2.61. The summed E-state index contributed by atoms with van der Waals surface area (Å²) >= 11 is 0. The first kappa shape index (κ1) is 19.0. The number of para-hydroxylation sites is 1. The quantitative estimate of drug-likeness (QED) is 0.732. The Morgan fingerprint density at radius 1 is 1.10 bits per heavy atom. The molecule has 0 amide bonds. The largest absolute Gasteiger partial charge is 0.508 e. The first-order valence-electron chi connectivity index (χ1n) is 11.3. The van der Waals surface area contributed by atoms with Gasteiger partial charge in [-0.15, -0.1) is 0 Å². The molecule has 0 heterocycles. The molecule has 2 aromatic carbocycles. The molecule has 29 heavy (non-hydrogen) atoms. The summed E-state index contributed by atoms with van der Waals surface area (Å²) in [5.74, 6) is 3.74. The fraction of sp³-hybridized carbons (Fsp3) is 0.538. The van der Waals surface area contributed by atoms with Crippen molar-refractivity contribution in [2.24, 2.45) is 17.3 Å². The van der Waals surface area contributed by atoms with Gasteiger partial charge in [-0.1, -0.05) is 31.2 Å². The van der Waals surface area contributed by atoms with Crippen LogP contribution in [-0.4, -0.2) is 18.3 Å². The number of benzene rings is 2. The first-order chi connectivity index (χ1) is 14.1. The summed E-state index contributed by atoms with van der Waals surface area (Å²) in [6.07, 6.45) is 7.69. The highest BCUT2D eigenvalue weighted by molar-refractivity contribution is 5.41. The number of aromatic hydroxyl groups is 1. The number of phenols is 1. The first-order valence-corrected chi connectivity index (χ1v) is 11.3. The van der Waals surface area contributed by atoms with Gasteiger partial charge >= 0.3 is 0 Å². The number of ether oxygens (including phenoxy) is 1. The van der Waals surface area contributed by atoms with Gasteiger partial charge in [-0.05, 0) is 91.0 Å². The van der Waals surface area contributed by atoms with E-state index in [4.69, 9.17) is 4.74 Å². The molecule has 0 aromatic heterocycles. The summed E-state index contributed by atoms with van der Waals surface area (Å²) in [6, 6.07) is 15.0. The molecule has 2 saturated carbocycles. The minimum Gasteiger partial charge on any atom is -0.508 e. The van der Waals surface area contributed by atoms with Crippen molar-refractivity contribution < 1.29 is 9.84 Å². The number of rotatable bonds is 4. The van der Waals surface area contributed by atoms with Crippen molar-refractivity contribution in [3.05, 3.63) is 59.2 Å². The standard InChI is InChI=1S/C26H33NO2/c1-26-14-13-21-20-10-8-19(29-2)15-17(20)7-9-22(21)23(26)11-12-25(26)27-16-18-5-3-4-6-24(18)28/h3-6,8,10,15,21-23,25,27-28H,7,9,11-14,16H2,1-2H3/t21?,22?,23?,25-,26+/m1/s1. The number of aryl methyl sites for hydroxylation is 1. The van der Waals surface area contributed by atoms with Gasteiger partial charge in [0.15, 0.2) is 0 Å². The third-order valence-corrected chi connectivity index (χ3v) is 8.46. The van der Waals surface area contributed by atoms with E-state index in [0.29, 0.717) is 17.2 Å². The van der Waals surface area contributed by atoms with Crippen LogP contribution in [0.4, 0.5) is 0 Å². The van der Waals surface area contributed by atoms with E-state index < -0.39 is 0 Å². The topological polar surface area (TPSA) is 41.5 Å². The van der Waals surface area contributed by atoms with E-state index in [2.05, 4.69) is 30.4 Å². The second-order valence-electron chi connectivity index (χ2n) is 9.66. The van der Waals surface area contributed by atoms with Crippen molar-refractivity contribution in [2.75, 3.05) is 7.11 Å². The third kappa shape index (κ3) is 3.15. The fourth-order valence-electron chi connectivity index (χ4n) is 6.91. The molecule has 3 nitrogen and oxygen atoms in total. The molecular weight excluding hydrogens is 358 g/mol. The summed E-state index contributed by atoms with van der Waals surface area (Å²) in [7, 11) is 1.76. The van der Waals surface area contributed by atoms with Gasteiger partial charge in [-0.25, -0.2) is 0 Å². The van der Waals surface area contributed by atoms with Crippen molar-refractivity contribution in [1.82, 2.24) is 5.32 Å². The SMILES string of the molecule is COc1ccc2c(c1)CCC1C2CC[C@@]2(C)C1CC[C@H]2NCc1ccccc1O. The van der Waals surface area contributed by atoms with E-state index in [1.807, 2.05) is 18.2 Å². The van der Waals surface area contributed by atoms with Crippen LogP contribution in [0.15, 0.2) is 42.5 Å². The number of hydrogen-bond acceptors (Lipinski definition) is 3. The Labute approximate surface area is 174 Å². The van der Waals surface area contributed by atoms with Crippen molar-refractivity contribution in [2.45, 2.75) is 64.0 Å². The van der Waals surface area contributed by atoms with Gasteiger partial charge in [0, 0.05) is 18.2 Å². The van der Waals surface area contributed by atoms with Crippen LogP contribution in [0, 0.1) is 17.3 Å². The minimum atomic E-state index is 0.371. The molecule has 0 saturated heterocycles. The van der Waals surface area contributed by atoms with E-state index in [-0.39, 0.29) is 0 Å². The summed E-state index contributed by atoms with van der Waals surface area (Å²) in [4.78, 5) is 0. The number of nitrogens with one attached hydrogen (secondary N) is 1. The lowest BCUT2D eigenvalue weighted by atomic mass is 9.55. The van der Waals surface area contributed by atoms with E-state index in [9.17, 15) is 5.11 Å². The fourth-order valence-corrected chi connectivity index (χ4v) is 6.91. The molecule has 3 heteroatoms. The highest BCUT2D eigenvalue weighted by atomic mass is 16.5. The van der Waals surface area contributed by atoms with Gasteiger partial charge in [-0.2, -0.15) is 0 Å². The second kappa shape index (κ2) is 7.36. The van der Waals surface area contributed by atoms with Gasteiger partial charge < -0.3 is 15.2 Å². The molecule has 0 radical (unpaired) electrons. The maximum absolute atomic E-state index is 10.1. The third-order valence-electron chi connectivity index (χ3n) is 8.46. The summed E-state index contributed by atoms with van der Waals surface area (Å²) < 4.78 is 5.46. The Morgan fingerprint density at radius 3 is 2.79 bits per heavy atom. The maximum Gasteiger partial charge on any atom is 0.120 e. The van der Waals surface area contributed by atoms with Crippen LogP contribution >= 0.6 is 0 Å². The summed E-state index contributed by atoms with van der Waals surface area (Å²) in [5.41, 5.74) is 4.49. The van der Waals surface area contributed by atoms with E-state index >= 15 is 0 Å². The Bertz CT molecular complexity index is 894. The minimum absolute atomic E-state index is 0.371. The molecule has 3 aliphatic rings. The summed E-state index contributed by atoms with van der Waals surface area (Å²) in [6.45, 7) is 3.29. The van der Waals surface area contributed by atoms with Gasteiger partial charge in [0.25, 0.3) is 0 Å². The molecule has 5 rings (SSSR count). The van der Waals surface area contributed by atoms with Crippen LogP contribution < -0.4 is 10.1 Å². The number of hydrogen-bond donors (Lipinski definition) is 2. The van der Waals surface area contributed by atoms with E-state index in [1.165, 1.54) is 44.1 Å². The molecule has 0 aliphatic heterocycles. The average molecular weight is 392 g/mol.